The van der Waals surface area contributed by atoms with Gasteiger partial charge in [-0.25, -0.2) is 4.98 Å². The van der Waals surface area contributed by atoms with Crippen LogP contribution in [0.15, 0.2) is 47.5 Å². The topological polar surface area (TPSA) is 85.7 Å². The molecule has 1 aromatic carbocycles. The molecule has 2 aromatic heterocycles. The third kappa shape index (κ3) is 2.53. The lowest BCUT2D eigenvalue weighted by Gasteiger charge is -2.10. The average molecular weight is 283 g/mol. The zero-order chi connectivity index (χ0) is 14.7. The maximum absolute atomic E-state index is 12.2. The molecular weight excluding hydrogens is 270 g/mol. The minimum atomic E-state index is -0.274. The van der Waals surface area contributed by atoms with Gasteiger partial charge < -0.3 is 4.74 Å². The molecule has 21 heavy (non-hydrogen) atoms. The van der Waals surface area contributed by atoms with E-state index in [9.17, 15) is 4.79 Å². The second kappa shape index (κ2) is 5.58. The van der Waals surface area contributed by atoms with Crippen molar-refractivity contribution in [3.63, 3.8) is 0 Å². The van der Waals surface area contributed by atoms with E-state index in [0.29, 0.717) is 29.6 Å². The van der Waals surface area contributed by atoms with Crippen LogP contribution in [0.4, 0.5) is 0 Å². The maximum atomic E-state index is 12.2. The van der Waals surface area contributed by atoms with Crippen molar-refractivity contribution in [2.45, 2.75) is 6.92 Å². The molecule has 7 heteroatoms. The molecule has 0 atom stereocenters. The number of hydrogen-bond donors (Lipinski definition) is 1. The first-order chi connectivity index (χ1) is 10.3. The minimum absolute atomic E-state index is 0.274. The van der Waals surface area contributed by atoms with Gasteiger partial charge in [-0.2, -0.15) is 14.9 Å². The van der Waals surface area contributed by atoms with Crippen LogP contribution in [0.2, 0.25) is 0 Å². The molecular formula is C14H13N5O2. The van der Waals surface area contributed by atoms with E-state index in [1.54, 1.807) is 12.1 Å². The van der Waals surface area contributed by atoms with E-state index >= 15 is 0 Å². The van der Waals surface area contributed by atoms with Gasteiger partial charge in [0.15, 0.2) is 11.4 Å². The molecule has 106 valence electrons. The lowest BCUT2D eigenvalue weighted by Crippen LogP contribution is -2.21. The van der Waals surface area contributed by atoms with E-state index in [0.717, 1.165) is 0 Å². The van der Waals surface area contributed by atoms with Gasteiger partial charge in [0.1, 0.15) is 6.33 Å². The molecule has 0 spiro atoms. The molecule has 2 heterocycles. The summed E-state index contributed by atoms with van der Waals surface area (Å²) >= 11 is 0. The molecule has 7 nitrogen and oxygen atoms in total. The number of H-pyrrole nitrogens is 1. The Morgan fingerprint density at radius 3 is 2.76 bits per heavy atom. The number of rotatable bonds is 4. The molecule has 0 aliphatic rings. The van der Waals surface area contributed by atoms with Crippen molar-refractivity contribution in [3.8, 4) is 23.0 Å². The fourth-order valence-corrected chi connectivity index (χ4v) is 1.94. The molecule has 3 aromatic rings. The Morgan fingerprint density at radius 2 is 2.10 bits per heavy atom. The van der Waals surface area contributed by atoms with Gasteiger partial charge in [0.05, 0.1) is 12.3 Å². The first kappa shape index (κ1) is 13.0. The highest BCUT2D eigenvalue weighted by molar-refractivity contribution is 5.57. The van der Waals surface area contributed by atoms with Crippen molar-refractivity contribution in [1.29, 1.82) is 0 Å². The molecule has 3 rings (SSSR count). The van der Waals surface area contributed by atoms with Crippen molar-refractivity contribution < 1.29 is 4.74 Å². The van der Waals surface area contributed by atoms with E-state index in [1.165, 1.54) is 17.1 Å². The quantitative estimate of drug-likeness (QED) is 0.782. The van der Waals surface area contributed by atoms with Crippen LogP contribution in [0.1, 0.15) is 6.92 Å². The van der Waals surface area contributed by atoms with Crippen LogP contribution in [-0.2, 0) is 0 Å². The van der Waals surface area contributed by atoms with Crippen molar-refractivity contribution in [2.75, 3.05) is 6.61 Å². The van der Waals surface area contributed by atoms with E-state index < -0.39 is 0 Å². The fraction of sp³-hybridized carbons (Fsp3) is 0.143. The smallest absolute Gasteiger partial charge is 0.275 e. The Hall–Kier alpha value is -2.96. The number of ether oxygens (including phenoxy) is 1. The highest BCUT2D eigenvalue weighted by atomic mass is 16.5. The highest BCUT2D eigenvalue weighted by Crippen LogP contribution is 2.23. The van der Waals surface area contributed by atoms with Crippen LogP contribution in [0.3, 0.4) is 0 Å². The van der Waals surface area contributed by atoms with Gasteiger partial charge in [-0.3, -0.25) is 9.89 Å². The summed E-state index contributed by atoms with van der Waals surface area (Å²) in [5, 5.41) is 11.0. The van der Waals surface area contributed by atoms with Crippen molar-refractivity contribution >= 4 is 0 Å². The number of aromatic amines is 1. The first-order valence-corrected chi connectivity index (χ1v) is 6.48. The number of para-hydroxylation sites is 1. The molecule has 0 fully saturated rings. The van der Waals surface area contributed by atoms with Gasteiger partial charge in [-0.15, -0.1) is 0 Å². The second-order valence-electron chi connectivity index (χ2n) is 4.20. The van der Waals surface area contributed by atoms with Crippen LogP contribution >= 0.6 is 0 Å². The average Bonchev–Trinajstić information content (AvgIpc) is 3.03. The van der Waals surface area contributed by atoms with Crippen molar-refractivity contribution in [2.24, 2.45) is 0 Å². The van der Waals surface area contributed by atoms with E-state index in [1.807, 2.05) is 25.1 Å². The molecule has 0 amide bonds. The molecule has 0 unspecified atom stereocenters. The van der Waals surface area contributed by atoms with Crippen LogP contribution in [0.25, 0.3) is 17.2 Å². The minimum Gasteiger partial charge on any atom is -0.491 e. The Bertz CT molecular complexity index is 781. The highest BCUT2D eigenvalue weighted by Gasteiger charge is 2.15. The Kier molecular flexibility index (Phi) is 3.46. The van der Waals surface area contributed by atoms with Crippen LogP contribution < -0.4 is 10.3 Å². The summed E-state index contributed by atoms with van der Waals surface area (Å²) in [7, 11) is 0. The van der Waals surface area contributed by atoms with E-state index in [4.69, 9.17) is 4.74 Å². The summed E-state index contributed by atoms with van der Waals surface area (Å²) in [6.07, 6.45) is 1.45. The van der Waals surface area contributed by atoms with Crippen LogP contribution in [0, 0.1) is 0 Å². The summed E-state index contributed by atoms with van der Waals surface area (Å²) in [4.78, 5) is 16.3. The molecule has 0 saturated heterocycles. The van der Waals surface area contributed by atoms with Gasteiger partial charge in [0.2, 0.25) is 5.82 Å². The Morgan fingerprint density at radius 1 is 1.29 bits per heavy atom. The zero-order valence-corrected chi connectivity index (χ0v) is 11.4. The maximum Gasteiger partial charge on any atom is 0.275 e. The lowest BCUT2D eigenvalue weighted by molar-refractivity contribution is 0.338. The monoisotopic (exact) mass is 283 g/mol. The van der Waals surface area contributed by atoms with Gasteiger partial charge in [0, 0.05) is 6.07 Å². The fourth-order valence-electron chi connectivity index (χ4n) is 1.94. The van der Waals surface area contributed by atoms with E-state index in [-0.39, 0.29) is 5.56 Å². The second-order valence-corrected chi connectivity index (χ2v) is 4.20. The number of benzene rings is 1. The standard InChI is InChI=1S/C14H13N5O2/c1-2-21-11-8-12(20)19(10-6-4-3-5-7-10)18-13(11)14-15-9-16-17-14/h3-9H,2H2,1H3,(H,15,16,17). The predicted molar refractivity (Wildman–Crippen MR) is 76.4 cm³/mol. The summed E-state index contributed by atoms with van der Waals surface area (Å²) < 4.78 is 6.76. The Balaban J connectivity index is 2.20. The predicted octanol–water partition coefficient (Wildman–Crippen LogP) is 1.42. The zero-order valence-electron chi connectivity index (χ0n) is 11.4. The lowest BCUT2D eigenvalue weighted by atomic mass is 10.3. The third-order valence-corrected chi connectivity index (χ3v) is 2.82. The summed E-state index contributed by atoms with van der Waals surface area (Å²) in [5.74, 6) is 0.748. The molecule has 0 saturated carbocycles. The Labute approximate surface area is 120 Å². The molecule has 0 aliphatic heterocycles. The number of nitrogens with zero attached hydrogens (tertiary/aromatic N) is 4. The SMILES string of the molecule is CCOc1cc(=O)n(-c2ccccc2)nc1-c1nc[nH]n1. The van der Waals surface area contributed by atoms with Crippen LogP contribution in [-0.4, -0.2) is 31.6 Å². The first-order valence-electron chi connectivity index (χ1n) is 6.48. The normalized spacial score (nSPS) is 10.5. The van der Waals surface area contributed by atoms with Crippen molar-refractivity contribution in [1.82, 2.24) is 25.0 Å². The molecule has 0 aliphatic carbocycles. The third-order valence-electron chi connectivity index (χ3n) is 2.82. The van der Waals surface area contributed by atoms with Gasteiger partial charge in [-0.05, 0) is 19.1 Å². The number of nitrogens with one attached hydrogen (secondary N) is 1. The molecule has 0 radical (unpaired) electrons. The molecule has 0 bridgehead atoms. The van der Waals surface area contributed by atoms with Gasteiger partial charge in [-0.1, -0.05) is 18.2 Å². The molecule has 1 N–H and O–H groups in total. The summed E-state index contributed by atoms with van der Waals surface area (Å²) in [6, 6.07) is 10.6. The van der Waals surface area contributed by atoms with Gasteiger partial charge >= 0.3 is 0 Å². The largest absolute Gasteiger partial charge is 0.491 e. The number of aromatic nitrogens is 5. The van der Waals surface area contributed by atoms with Crippen molar-refractivity contribution in [3.05, 3.63) is 53.1 Å². The van der Waals surface area contributed by atoms with E-state index in [2.05, 4.69) is 20.3 Å². The number of hydrogen-bond acceptors (Lipinski definition) is 5. The summed E-state index contributed by atoms with van der Waals surface area (Å²) in [6.45, 7) is 2.26. The summed E-state index contributed by atoms with van der Waals surface area (Å²) in [5.41, 5.74) is 0.813. The van der Waals surface area contributed by atoms with Gasteiger partial charge in [0.25, 0.3) is 5.56 Å². The van der Waals surface area contributed by atoms with Crippen LogP contribution in [0.5, 0.6) is 5.75 Å².